The van der Waals surface area contributed by atoms with Crippen molar-refractivity contribution in [2.45, 2.75) is 31.3 Å². The van der Waals surface area contributed by atoms with E-state index in [0.29, 0.717) is 0 Å². The fraction of sp³-hybridized carbons (Fsp3) is 0.312. The fourth-order valence-electron chi connectivity index (χ4n) is 2.43. The molecule has 0 spiro atoms. The molecule has 2 rings (SSSR count). The number of hydrogen-bond donors (Lipinski definition) is 5. The number of nitrogens with two attached hydrogens (primary N) is 1. The first-order valence-electron chi connectivity index (χ1n) is 7.44. The van der Waals surface area contributed by atoms with E-state index in [9.17, 15) is 14.4 Å². The van der Waals surface area contributed by atoms with Crippen LogP contribution >= 0.6 is 0 Å². The Morgan fingerprint density at radius 1 is 1.21 bits per heavy atom. The molecule has 0 aliphatic rings. The van der Waals surface area contributed by atoms with Gasteiger partial charge in [-0.3, -0.25) is 9.59 Å². The number of amides is 1. The van der Waals surface area contributed by atoms with E-state index in [-0.39, 0.29) is 19.3 Å². The van der Waals surface area contributed by atoms with Gasteiger partial charge < -0.3 is 26.2 Å². The van der Waals surface area contributed by atoms with Crippen molar-refractivity contribution in [2.24, 2.45) is 5.73 Å². The van der Waals surface area contributed by atoms with Crippen molar-refractivity contribution >= 4 is 28.7 Å². The highest BCUT2D eigenvalue weighted by atomic mass is 16.4. The molecule has 0 aliphatic heterocycles. The van der Waals surface area contributed by atoms with Crippen molar-refractivity contribution in [1.29, 1.82) is 0 Å². The van der Waals surface area contributed by atoms with Crippen LogP contribution in [0.1, 0.15) is 18.4 Å². The summed E-state index contributed by atoms with van der Waals surface area (Å²) < 4.78 is 0. The normalized spacial score (nSPS) is 13.4. The molecule has 2 aromatic rings. The number of carbonyl (C=O) groups excluding carboxylic acids is 1. The van der Waals surface area contributed by atoms with Gasteiger partial charge in [0.1, 0.15) is 6.04 Å². The molecule has 1 aromatic heterocycles. The molecule has 0 radical (unpaired) electrons. The lowest BCUT2D eigenvalue weighted by atomic mass is 10.0. The molecule has 0 unspecified atom stereocenters. The van der Waals surface area contributed by atoms with Crippen LogP contribution in [0, 0.1) is 0 Å². The summed E-state index contributed by atoms with van der Waals surface area (Å²) in [6.07, 6.45) is 1.45. The summed E-state index contributed by atoms with van der Waals surface area (Å²) in [5.74, 6) is -3.04. The number of benzene rings is 1. The molecule has 0 aliphatic carbocycles. The number of aromatic nitrogens is 1. The van der Waals surface area contributed by atoms with Crippen LogP contribution in [0.15, 0.2) is 30.5 Å². The van der Waals surface area contributed by atoms with Crippen molar-refractivity contribution in [3.05, 3.63) is 36.0 Å². The molecule has 0 saturated heterocycles. The number of carboxylic acids is 2. The number of H-pyrrole nitrogens is 1. The Balaban J connectivity index is 2.00. The van der Waals surface area contributed by atoms with E-state index >= 15 is 0 Å². The van der Waals surface area contributed by atoms with E-state index in [1.54, 1.807) is 6.20 Å². The molecule has 2 atom stereocenters. The predicted molar refractivity (Wildman–Crippen MR) is 86.4 cm³/mol. The van der Waals surface area contributed by atoms with Gasteiger partial charge in [0.15, 0.2) is 0 Å². The van der Waals surface area contributed by atoms with E-state index in [1.165, 1.54) is 0 Å². The van der Waals surface area contributed by atoms with Crippen LogP contribution in [0.25, 0.3) is 10.9 Å². The first-order chi connectivity index (χ1) is 11.4. The molecular formula is C16H19N3O5. The van der Waals surface area contributed by atoms with E-state index in [4.69, 9.17) is 15.9 Å². The van der Waals surface area contributed by atoms with Gasteiger partial charge in [0, 0.05) is 23.5 Å². The maximum absolute atomic E-state index is 12.1. The first-order valence-corrected chi connectivity index (χ1v) is 7.44. The average molecular weight is 333 g/mol. The zero-order valence-corrected chi connectivity index (χ0v) is 12.9. The molecule has 1 heterocycles. The smallest absolute Gasteiger partial charge is 0.326 e. The van der Waals surface area contributed by atoms with E-state index in [2.05, 4.69) is 10.3 Å². The molecule has 0 saturated carbocycles. The Bertz CT molecular complexity index is 755. The minimum Gasteiger partial charge on any atom is -0.481 e. The van der Waals surface area contributed by atoms with Crippen LogP contribution in [-0.2, 0) is 20.8 Å². The van der Waals surface area contributed by atoms with Gasteiger partial charge in [0.2, 0.25) is 5.91 Å². The second-order valence-corrected chi connectivity index (χ2v) is 5.50. The molecule has 8 nitrogen and oxygen atoms in total. The van der Waals surface area contributed by atoms with Crippen molar-refractivity contribution in [3.8, 4) is 0 Å². The number of rotatable bonds is 8. The van der Waals surface area contributed by atoms with E-state index < -0.39 is 29.9 Å². The van der Waals surface area contributed by atoms with Gasteiger partial charge in [-0.25, -0.2) is 4.79 Å². The minimum atomic E-state index is -1.29. The molecule has 8 heteroatoms. The first kappa shape index (κ1) is 17.5. The molecule has 0 fully saturated rings. The number of para-hydroxylation sites is 1. The maximum Gasteiger partial charge on any atom is 0.326 e. The van der Waals surface area contributed by atoms with Crippen LogP contribution in [-0.4, -0.2) is 45.1 Å². The summed E-state index contributed by atoms with van der Waals surface area (Å²) in [6, 6.07) is 5.35. The number of aromatic amines is 1. The number of carboxylic acid groups (broad SMARTS) is 2. The minimum absolute atomic E-state index is 0.198. The maximum atomic E-state index is 12.1. The molecule has 6 N–H and O–H groups in total. The van der Waals surface area contributed by atoms with Crippen molar-refractivity contribution in [2.75, 3.05) is 0 Å². The quantitative estimate of drug-likeness (QED) is 0.475. The summed E-state index contributed by atoms with van der Waals surface area (Å²) in [4.78, 5) is 36.8. The summed E-state index contributed by atoms with van der Waals surface area (Å²) in [7, 11) is 0. The Hall–Kier alpha value is -2.87. The highest BCUT2D eigenvalue weighted by molar-refractivity contribution is 5.88. The van der Waals surface area contributed by atoms with Gasteiger partial charge in [0.05, 0.1) is 6.04 Å². The summed E-state index contributed by atoms with van der Waals surface area (Å²) in [5.41, 5.74) is 7.64. The number of hydrogen-bond acceptors (Lipinski definition) is 4. The standard InChI is InChI=1S/C16H19N3O5/c17-11(7-9-8-18-12-4-2-1-3-10(9)12)15(22)19-13(16(23)24)5-6-14(20)21/h1-4,8,11,13,18H,5-7,17H2,(H,19,22)(H,20,21)(H,23,24)/t11-,13-/m1/s1. The van der Waals surface area contributed by atoms with Crippen molar-refractivity contribution < 1.29 is 24.6 Å². The summed E-state index contributed by atoms with van der Waals surface area (Å²) in [6.45, 7) is 0. The van der Waals surface area contributed by atoms with Crippen LogP contribution in [0.4, 0.5) is 0 Å². The van der Waals surface area contributed by atoms with Gasteiger partial charge in [0.25, 0.3) is 0 Å². The number of nitrogens with one attached hydrogen (secondary N) is 2. The number of carbonyl (C=O) groups is 3. The third kappa shape index (κ3) is 4.32. The Morgan fingerprint density at radius 2 is 1.92 bits per heavy atom. The topological polar surface area (TPSA) is 146 Å². The highest BCUT2D eigenvalue weighted by Crippen LogP contribution is 2.18. The lowest BCUT2D eigenvalue weighted by Gasteiger charge is -2.17. The van der Waals surface area contributed by atoms with Gasteiger partial charge in [-0.2, -0.15) is 0 Å². The summed E-state index contributed by atoms with van der Waals surface area (Å²) >= 11 is 0. The zero-order chi connectivity index (χ0) is 17.7. The van der Waals surface area contributed by atoms with Crippen molar-refractivity contribution in [1.82, 2.24) is 10.3 Å². The van der Waals surface area contributed by atoms with E-state index in [0.717, 1.165) is 16.5 Å². The molecule has 128 valence electrons. The highest BCUT2D eigenvalue weighted by Gasteiger charge is 2.24. The van der Waals surface area contributed by atoms with Crippen LogP contribution < -0.4 is 11.1 Å². The molecule has 0 bridgehead atoms. The number of aliphatic carboxylic acids is 2. The average Bonchev–Trinajstić information content (AvgIpc) is 2.94. The van der Waals surface area contributed by atoms with E-state index in [1.807, 2.05) is 24.3 Å². The van der Waals surface area contributed by atoms with Crippen molar-refractivity contribution in [3.63, 3.8) is 0 Å². The third-order valence-corrected chi connectivity index (χ3v) is 3.71. The largest absolute Gasteiger partial charge is 0.481 e. The molecule has 1 amide bonds. The molecule has 1 aromatic carbocycles. The number of fused-ring (bicyclic) bond motifs is 1. The van der Waals surface area contributed by atoms with Crippen LogP contribution in [0.5, 0.6) is 0 Å². The lowest BCUT2D eigenvalue weighted by Crippen LogP contribution is -2.49. The molecule has 24 heavy (non-hydrogen) atoms. The SMILES string of the molecule is N[C@H](Cc1c[nH]c2ccccc12)C(=O)N[C@H](CCC(=O)O)C(=O)O. The second kappa shape index (κ2) is 7.60. The predicted octanol–water partition coefficient (Wildman–Crippen LogP) is 0.472. The van der Waals surface area contributed by atoms with Gasteiger partial charge in [-0.1, -0.05) is 18.2 Å². The Kier molecular flexibility index (Phi) is 5.54. The molecular weight excluding hydrogens is 314 g/mol. The second-order valence-electron chi connectivity index (χ2n) is 5.50. The monoisotopic (exact) mass is 333 g/mol. The Labute approximate surface area is 137 Å². The van der Waals surface area contributed by atoms with Crippen LogP contribution in [0.2, 0.25) is 0 Å². The lowest BCUT2D eigenvalue weighted by molar-refractivity contribution is -0.143. The van der Waals surface area contributed by atoms with Gasteiger partial charge >= 0.3 is 11.9 Å². The van der Waals surface area contributed by atoms with Gasteiger partial charge in [-0.05, 0) is 24.5 Å². The van der Waals surface area contributed by atoms with Gasteiger partial charge in [-0.15, -0.1) is 0 Å². The summed E-state index contributed by atoms with van der Waals surface area (Å²) in [5, 5.41) is 20.9. The zero-order valence-electron chi connectivity index (χ0n) is 12.9. The third-order valence-electron chi connectivity index (χ3n) is 3.71. The van der Waals surface area contributed by atoms with Crippen LogP contribution in [0.3, 0.4) is 0 Å². The fourth-order valence-corrected chi connectivity index (χ4v) is 2.43. The Morgan fingerprint density at radius 3 is 2.58 bits per heavy atom.